The van der Waals surface area contributed by atoms with E-state index < -0.39 is 62.5 Å². The quantitative estimate of drug-likeness (QED) is 0.646. The number of carbonyl (C=O) groups is 3. The van der Waals surface area contributed by atoms with Gasteiger partial charge in [0.05, 0.1) is 11.0 Å². The first-order chi connectivity index (χ1) is 12.2. The van der Waals surface area contributed by atoms with Gasteiger partial charge in [0.1, 0.15) is 11.3 Å². The van der Waals surface area contributed by atoms with Gasteiger partial charge in [0, 0.05) is 12.3 Å². The zero-order valence-corrected chi connectivity index (χ0v) is 16.9. The topological polar surface area (TPSA) is 112 Å². The minimum absolute atomic E-state index is 0.0522. The number of ketones is 3. The van der Waals surface area contributed by atoms with Crippen molar-refractivity contribution >= 4 is 17.3 Å². The van der Waals surface area contributed by atoms with E-state index in [1.165, 1.54) is 0 Å². The predicted molar refractivity (Wildman–Crippen MR) is 97.8 cm³/mol. The first-order valence-electron chi connectivity index (χ1n) is 9.69. The van der Waals surface area contributed by atoms with Crippen molar-refractivity contribution < 1.29 is 29.7 Å². The fourth-order valence-electron chi connectivity index (χ4n) is 6.11. The van der Waals surface area contributed by atoms with Gasteiger partial charge in [0.25, 0.3) is 0 Å². The zero-order valence-electron chi connectivity index (χ0n) is 16.9. The first-order valence-corrected chi connectivity index (χ1v) is 9.69. The van der Waals surface area contributed by atoms with E-state index in [9.17, 15) is 29.7 Å². The number of aliphatic hydroxyl groups is 3. The van der Waals surface area contributed by atoms with Crippen molar-refractivity contribution in [1.82, 2.24) is 0 Å². The Balaban J connectivity index is 2.23. The van der Waals surface area contributed by atoms with Crippen molar-refractivity contribution in [2.75, 3.05) is 0 Å². The molecule has 0 heterocycles. The van der Waals surface area contributed by atoms with E-state index in [1.54, 1.807) is 27.7 Å². The molecule has 3 rings (SSSR count). The molecular weight excluding hydrogens is 348 g/mol. The number of rotatable bonds is 4. The monoisotopic (exact) mass is 378 g/mol. The normalized spacial score (nSPS) is 39.0. The van der Waals surface area contributed by atoms with E-state index in [1.807, 2.05) is 13.8 Å². The molecule has 5 atom stereocenters. The van der Waals surface area contributed by atoms with Crippen LogP contribution in [0.25, 0.3) is 0 Å². The molecule has 0 amide bonds. The second kappa shape index (κ2) is 5.51. The van der Waals surface area contributed by atoms with E-state index in [2.05, 4.69) is 0 Å². The Morgan fingerprint density at radius 1 is 1.30 bits per heavy atom. The van der Waals surface area contributed by atoms with Gasteiger partial charge in [0.2, 0.25) is 0 Å². The maximum absolute atomic E-state index is 13.5. The summed E-state index contributed by atoms with van der Waals surface area (Å²) >= 11 is 0. The van der Waals surface area contributed by atoms with Crippen LogP contribution in [0.1, 0.15) is 60.8 Å². The highest BCUT2D eigenvalue weighted by molar-refractivity contribution is 6.29. The van der Waals surface area contributed by atoms with Crippen LogP contribution in [0.15, 0.2) is 11.3 Å². The fraction of sp³-hybridized carbons (Fsp3) is 0.762. The van der Waals surface area contributed by atoms with Gasteiger partial charge < -0.3 is 15.3 Å². The summed E-state index contributed by atoms with van der Waals surface area (Å²) in [6, 6.07) is 0. The summed E-state index contributed by atoms with van der Waals surface area (Å²) in [6.45, 7) is 10.5. The second-order valence-corrected chi connectivity index (χ2v) is 9.82. The highest BCUT2D eigenvalue weighted by atomic mass is 16.4. The molecule has 150 valence electrons. The van der Waals surface area contributed by atoms with Gasteiger partial charge in [-0.1, -0.05) is 27.7 Å². The van der Waals surface area contributed by atoms with Crippen LogP contribution in [0.5, 0.6) is 0 Å². The van der Waals surface area contributed by atoms with Crippen molar-refractivity contribution in [1.29, 1.82) is 0 Å². The Bertz CT molecular complexity index is 770. The maximum atomic E-state index is 13.5. The predicted octanol–water partition coefficient (Wildman–Crippen LogP) is 2.12. The lowest BCUT2D eigenvalue weighted by atomic mass is 9.66. The fourth-order valence-corrected chi connectivity index (χ4v) is 6.11. The third-order valence-corrected chi connectivity index (χ3v) is 7.73. The van der Waals surface area contributed by atoms with Crippen molar-refractivity contribution in [3.05, 3.63) is 11.3 Å². The lowest BCUT2D eigenvalue weighted by molar-refractivity contribution is -0.149. The van der Waals surface area contributed by atoms with Crippen molar-refractivity contribution in [3.63, 3.8) is 0 Å². The van der Waals surface area contributed by atoms with Gasteiger partial charge in [-0.05, 0) is 43.9 Å². The molecule has 27 heavy (non-hydrogen) atoms. The maximum Gasteiger partial charge on any atom is 0.193 e. The first kappa shape index (κ1) is 20.2. The molecule has 6 heteroatoms. The van der Waals surface area contributed by atoms with Crippen LogP contribution in [-0.2, 0) is 14.4 Å². The zero-order chi connectivity index (χ0) is 20.7. The summed E-state index contributed by atoms with van der Waals surface area (Å²) in [5, 5.41) is 32.9. The minimum atomic E-state index is -2.37. The van der Waals surface area contributed by atoms with E-state index in [0.717, 1.165) is 0 Å². The molecule has 3 N–H and O–H groups in total. The van der Waals surface area contributed by atoms with Gasteiger partial charge >= 0.3 is 0 Å². The average molecular weight is 378 g/mol. The van der Waals surface area contributed by atoms with E-state index in [0.29, 0.717) is 6.42 Å². The molecule has 0 aliphatic heterocycles. The van der Waals surface area contributed by atoms with E-state index >= 15 is 0 Å². The van der Waals surface area contributed by atoms with Gasteiger partial charge in [0.15, 0.2) is 23.0 Å². The summed E-state index contributed by atoms with van der Waals surface area (Å²) < 4.78 is 0. The largest absolute Gasteiger partial charge is 0.508 e. The summed E-state index contributed by atoms with van der Waals surface area (Å²) in [6.07, 6.45) is 0.469. The summed E-state index contributed by atoms with van der Waals surface area (Å²) in [4.78, 5) is 39.2. The summed E-state index contributed by atoms with van der Waals surface area (Å²) in [5.41, 5.74) is -6.16. The molecule has 4 unspecified atom stereocenters. The number of allylic oxidation sites excluding steroid dienone is 1. The van der Waals surface area contributed by atoms with Crippen LogP contribution in [0.4, 0.5) is 0 Å². The Hall–Kier alpha value is -1.53. The molecule has 2 fully saturated rings. The SMILES string of the molecule is CCC(C)C(=O)C1=C(O)C2(O)C(=O)C[C@H]3C(C)(C)C(C(C)(C)O)CC32C1=O. The summed E-state index contributed by atoms with van der Waals surface area (Å²) in [7, 11) is 0. The Morgan fingerprint density at radius 3 is 2.33 bits per heavy atom. The van der Waals surface area contributed by atoms with Crippen LogP contribution in [0.3, 0.4) is 0 Å². The van der Waals surface area contributed by atoms with Crippen LogP contribution in [-0.4, -0.2) is 43.9 Å². The van der Waals surface area contributed by atoms with Crippen LogP contribution >= 0.6 is 0 Å². The van der Waals surface area contributed by atoms with Crippen molar-refractivity contribution in [2.45, 2.75) is 72.0 Å². The van der Waals surface area contributed by atoms with Gasteiger partial charge in [-0.3, -0.25) is 14.4 Å². The third kappa shape index (κ3) is 2.11. The lowest BCUT2D eigenvalue weighted by Crippen LogP contribution is -2.51. The molecule has 0 bridgehead atoms. The third-order valence-electron chi connectivity index (χ3n) is 7.73. The number of hydrogen-bond acceptors (Lipinski definition) is 6. The highest BCUT2D eigenvalue weighted by Crippen LogP contribution is 2.72. The Morgan fingerprint density at radius 2 is 1.85 bits per heavy atom. The Labute approximate surface area is 159 Å². The van der Waals surface area contributed by atoms with Crippen LogP contribution in [0.2, 0.25) is 0 Å². The van der Waals surface area contributed by atoms with Crippen LogP contribution < -0.4 is 0 Å². The lowest BCUT2D eigenvalue weighted by Gasteiger charge is -2.39. The average Bonchev–Trinajstić information content (AvgIpc) is 3.01. The molecule has 1 spiro atoms. The van der Waals surface area contributed by atoms with E-state index in [-0.39, 0.29) is 18.8 Å². The number of Topliss-reactive ketones (excluding diaryl/α,β-unsaturated/α-hetero) is 3. The highest BCUT2D eigenvalue weighted by Gasteiger charge is 2.82. The smallest absolute Gasteiger partial charge is 0.193 e. The molecule has 3 aliphatic carbocycles. The van der Waals surface area contributed by atoms with Crippen LogP contribution in [0, 0.1) is 28.6 Å². The Kier molecular flexibility index (Phi) is 4.12. The molecule has 3 aliphatic rings. The number of aliphatic hydroxyl groups excluding tert-OH is 1. The summed E-state index contributed by atoms with van der Waals surface area (Å²) in [5.74, 6) is -4.01. The molecular formula is C21H30O6. The molecule has 0 radical (unpaired) electrons. The van der Waals surface area contributed by atoms with Gasteiger partial charge in [-0.25, -0.2) is 0 Å². The molecule has 2 saturated carbocycles. The molecule has 0 aromatic rings. The number of hydrogen-bond donors (Lipinski definition) is 3. The second-order valence-electron chi connectivity index (χ2n) is 9.82. The van der Waals surface area contributed by atoms with E-state index in [4.69, 9.17) is 0 Å². The van der Waals surface area contributed by atoms with Gasteiger partial charge in [-0.2, -0.15) is 0 Å². The molecule has 0 aromatic carbocycles. The molecule has 0 saturated heterocycles. The molecule has 0 aromatic heterocycles. The molecule has 6 nitrogen and oxygen atoms in total. The number of carbonyl (C=O) groups excluding carboxylic acids is 3. The van der Waals surface area contributed by atoms with Gasteiger partial charge in [-0.15, -0.1) is 0 Å². The van der Waals surface area contributed by atoms with Crippen molar-refractivity contribution in [2.24, 2.45) is 28.6 Å². The standard InChI is InChI=1S/C21H30O6/c1-7-10(2)15(23)14-16(24)20-9-12(19(5,6)26)18(3,4)11(20)8-13(22)21(20,27)17(14)25/h10-12,25-27H,7-9H2,1-6H3/t10?,11-,12?,20?,21?/m0/s1. The minimum Gasteiger partial charge on any atom is -0.508 e. The van der Waals surface area contributed by atoms with Crippen molar-refractivity contribution in [3.8, 4) is 0 Å².